The molecule has 4 aliphatic carbocycles. The van der Waals surface area contributed by atoms with Gasteiger partial charge in [-0.3, -0.25) is 9.59 Å². The van der Waals surface area contributed by atoms with E-state index in [1.807, 2.05) is 30.9 Å². The molecule has 1 unspecified atom stereocenters. The van der Waals surface area contributed by atoms with Crippen molar-refractivity contribution in [2.75, 3.05) is 54.1 Å². The molecule has 12 rings (SSSR count). The van der Waals surface area contributed by atoms with Gasteiger partial charge in [-0.05, 0) is 227 Å². The van der Waals surface area contributed by atoms with Crippen molar-refractivity contribution in [1.29, 1.82) is 0 Å². The van der Waals surface area contributed by atoms with Crippen molar-refractivity contribution in [3.63, 3.8) is 0 Å². The molecule has 4 bridgehead atoms. The third kappa shape index (κ3) is 13.5. The first-order valence-corrected chi connectivity index (χ1v) is 37.6. The molecule has 472 valence electrons. The van der Waals surface area contributed by atoms with E-state index in [4.69, 9.17) is 32.7 Å². The van der Waals surface area contributed by atoms with Gasteiger partial charge >= 0.3 is 0 Å². The van der Waals surface area contributed by atoms with E-state index in [0.29, 0.717) is 74.0 Å². The number of fused-ring (bicyclic) bond motifs is 8. The summed E-state index contributed by atoms with van der Waals surface area (Å²) < 4.78 is 70.7. The molecule has 0 radical (unpaired) electrons. The minimum atomic E-state index is -3.90. The highest BCUT2D eigenvalue weighted by molar-refractivity contribution is 14.1. The Labute approximate surface area is 540 Å². The van der Waals surface area contributed by atoms with Gasteiger partial charge in [-0.25, -0.2) is 26.3 Å². The van der Waals surface area contributed by atoms with Crippen molar-refractivity contribution in [1.82, 2.24) is 9.44 Å². The number of benzene rings is 4. The summed E-state index contributed by atoms with van der Waals surface area (Å²) >= 11 is 14.9. The van der Waals surface area contributed by atoms with Crippen LogP contribution in [-0.2, 0) is 53.3 Å². The summed E-state index contributed by atoms with van der Waals surface area (Å²) in [7, 11) is -7.79. The molecule has 2 amide bonds. The highest BCUT2D eigenvalue weighted by Gasteiger charge is 2.49. The Bertz CT molecular complexity index is 3460. The Morgan fingerprint density at radius 3 is 1.52 bits per heavy atom. The fourth-order valence-electron chi connectivity index (χ4n) is 16.0. The Kier molecular flexibility index (Phi) is 20.2. The molecular formula is C68H87Cl2IN4O10S2. The smallest absolute Gasteiger partial charge is 0.264 e. The number of amides is 2. The average Bonchev–Trinajstić information content (AvgIpc) is 1.81. The number of sulfonamides is 2. The summed E-state index contributed by atoms with van der Waals surface area (Å²) in [6, 6.07) is 22.9. The van der Waals surface area contributed by atoms with Gasteiger partial charge in [-0.2, -0.15) is 0 Å². The number of ether oxygens (including phenoxy) is 2. The first kappa shape index (κ1) is 65.5. The molecule has 0 aromatic heterocycles. The number of carbonyl (C=O) groups excluding carboxylic acids is 4. The van der Waals surface area contributed by atoms with Gasteiger partial charge in [0.05, 0.1) is 35.1 Å². The van der Waals surface area contributed by atoms with E-state index in [0.717, 1.165) is 137 Å². The van der Waals surface area contributed by atoms with Crippen molar-refractivity contribution >= 4 is 102 Å². The van der Waals surface area contributed by atoms with Crippen LogP contribution in [0.15, 0.2) is 72.8 Å². The number of anilines is 2. The Morgan fingerprint density at radius 1 is 0.586 bits per heavy atom. The Hall–Kier alpha value is -4.43. The highest BCUT2D eigenvalue weighted by atomic mass is 127. The van der Waals surface area contributed by atoms with E-state index in [-0.39, 0.29) is 40.1 Å². The van der Waals surface area contributed by atoms with Crippen LogP contribution >= 0.6 is 45.8 Å². The van der Waals surface area contributed by atoms with Gasteiger partial charge in [-0.1, -0.05) is 91.5 Å². The predicted octanol–water partition coefficient (Wildman–Crippen LogP) is 13.3. The average molecular weight is 1380 g/mol. The van der Waals surface area contributed by atoms with Crippen LogP contribution in [0.4, 0.5) is 11.4 Å². The lowest BCUT2D eigenvalue weighted by Gasteiger charge is -2.49. The van der Waals surface area contributed by atoms with Crippen molar-refractivity contribution in [3.8, 4) is 11.5 Å². The summed E-state index contributed by atoms with van der Waals surface area (Å²) in [5.74, 6) is 1.04. The number of hydrogen-bond donors (Lipinski definition) is 2. The summed E-state index contributed by atoms with van der Waals surface area (Å²) in [4.78, 5) is 58.4. The van der Waals surface area contributed by atoms with Crippen molar-refractivity contribution < 1.29 is 45.5 Å². The number of halogens is 3. The fourth-order valence-corrected chi connectivity index (χ4v) is 19.0. The second kappa shape index (κ2) is 26.8. The summed E-state index contributed by atoms with van der Waals surface area (Å²) in [6.07, 6.45) is 16.8. The lowest BCUT2D eigenvalue weighted by molar-refractivity contribution is -0.123. The van der Waals surface area contributed by atoms with E-state index in [9.17, 15) is 36.0 Å². The normalized spacial score (nSPS) is 32.7. The summed E-state index contributed by atoms with van der Waals surface area (Å²) in [5.41, 5.74) is 6.25. The minimum absolute atomic E-state index is 0.0315. The summed E-state index contributed by atoms with van der Waals surface area (Å²) in [5, 5.41) is -0.0110. The van der Waals surface area contributed by atoms with Gasteiger partial charge in [0, 0.05) is 69.5 Å². The molecule has 14 nitrogen and oxygen atoms in total. The third-order valence-electron chi connectivity index (χ3n) is 21.9. The van der Waals surface area contributed by atoms with E-state index in [2.05, 4.69) is 73.0 Å². The van der Waals surface area contributed by atoms with Crippen molar-refractivity contribution in [3.05, 3.63) is 116 Å². The van der Waals surface area contributed by atoms with Crippen LogP contribution in [0.25, 0.3) is 0 Å². The monoisotopic (exact) mass is 1380 g/mol. The molecule has 2 saturated carbocycles. The molecule has 2 N–H and O–H groups in total. The van der Waals surface area contributed by atoms with Crippen LogP contribution in [0.2, 0.25) is 10.0 Å². The third-order valence-corrected chi connectivity index (χ3v) is 26.2. The number of rotatable bonds is 2. The molecule has 19 heteroatoms. The number of carbonyl (C=O) groups is 4. The van der Waals surface area contributed by atoms with Crippen LogP contribution in [0.1, 0.15) is 167 Å². The number of nitrogens with one attached hydrogen (secondary N) is 2. The van der Waals surface area contributed by atoms with Gasteiger partial charge in [-0.15, -0.1) is 0 Å². The highest BCUT2D eigenvalue weighted by Crippen LogP contribution is 2.52. The molecule has 4 heterocycles. The first-order chi connectivity index (χ1) is 41.5. The molecule has 87 heavy (non-hydrogen) atoms. The van der Waals surface area contributed by atoms with Crippen LogP contribution in [0, 0.1) is 46.8 Å². The molecule has 2 spiro atoms. The maximum absolute atomic E-state index is 13.4. The maximum Gasteiger partial charge on any atom is 0.264 e. The molecule has 0 saturated heterocycles. The molecule has 4 aromatic carbocycles. The molecule has 4 aromatic rings. The molecule has 2 fully saturated rings. The van der Waals surface area contributed by atoms with Crippen LogP contribution in [0.5, 0.6) is 11.5 Å². The molecule has 8 aliphatic rings. The van der Waals surface area contributed by atoms with E-state index in [1.165, 1.54) is 22.3 Å². The van der Waals surface area contributed by atoms with E-state index in [1.54, 1.807) is 50.2 Å². The van der Waals surface area contributed by atoms with Crippen molar-refractivity contribution in [2.45, 2.75) is 159 Å². The van der Waals surface area contributed by atoms with Crippen LogP contribution in [-0.4, -0.2) is 96.0 Å². The number of hydrogen-bond acceptors (Lipinski definition) is 12. The quantitative estimate of drug-likeness (QED) is 0.110. The molecule has 12 atom stereocenters. The molecular weight excluding hydrogens is 1290 g/mol. The maximum atomic E-state index is 13.4. The van der Waals surface area contributed by atoms with Gasteiger partial charge in [0.2, 0.25) is 20.0 Å². The second-order valence-corrected chi connectivity index (χ2v) is 32.0. The number of alkyl halides is 1. The zero-order valence-corrected chi connectivity index (χ0v) is 56.6. The molecule has 4 aliphatic heterocycles. The second-order valence-electron chi connectivity index (χ2n) is 27.1. The van der Waals surface area contributed by atoms with Gasteiger partial charge in [0.1, 0.15) is 24.1 Å². The topological polar surface area (TPSA) is 186 Å². The Morgan fingerprint density at radius 2 is 1.07 bits per heavy atom. The van der Waals surface area contributed by atoms with Crippen molar-refractivity contribution in [2.24, 2.45) is 46.8 Å². The predicted molar refractivity (Wildman–Crippen MR) is 354 cm³/mol. The lowest BCUT2D eigenvalue weighted by Crippen LogP contribution is -2.50. The number of aryl methyl sites for hydroxylation is 2. The Balaban J connectivity index is 0.000000187. The zero-order chi connectivity index (χ0) is 62.2. The van der Waals surface area contributed by atoms with Gasteiger partial charge < -0.3 is 28.9 Å². The fraction of sp³-hybridized carbons (Fsp3) is 0.588. The standard InChI is InChI=1S/C34H43ClN2O5S.C33H41ClN2O5S.CH3I/c1-22-6-4-14-33(3,20-38)28-11-8-26(28)18-37-19-34(15-5-7-24-16-27(35)10-12-29(24)34)21-42-31-13-9-25(17-30(31)37)32(39)36-43(40,41)23(22)2;1-21-5-3-6-26(18-37)28-11-8-25(28)17-36-19-33(14-4-7-23-15-27(34)10-12-29(23)33)20-41-31-13-9-24(16-30(31)36)32(38)35-42(39,40)22(21)2;1-2/h9-10,12-13,16-17,20,22-23,26,28H,4-8,11,14-15,18-19,21H2,1-3H3,(H,36,39);9-10,12-13,15-16,18,21-22,25-26,28H,3-8,11,14,17,19-20H2,1-2H3,(H,35,38);1H3/t22-,23+,26-,28+,33+,34-;21-,22+,25-,26?,28+,33-;/m00./s1. The van der Waals surface area contributed by atoms with E-state index < -0.39 is 47.8 Å². The van der Waals surface area contributed by atoms with Gasteiger partial charge in [0.15, 0.2) is 0 Å². The number of nitrogens with zero attached hydrogens (tertiary/aromatic N) is 2. The van der Waals surface area contributed by atoms with E-state index >= 15 is 0 Å². The zero-order valence-electron chi connectivity index (χ0n) is 51.3. The summed E-state index contributed by atoms with van der Waals surface area (Å²) in [6.45, 7) is 13.1. The van der Waals surface area contributed by atoms with Gasteiger partial charge in [0.25, 0.3) is 11.8 Å². The van der Waals surface area contributed by atoms with Crippen LogP contribution in [0.3, 0.4) is 0 Å². The SMILES string of the molecule is CI.C[C@@H]1[C@@H](C)CCCC(C=O)[C@@H]2CC[C@H]2CN2C[C@@]3(CCCc4cc(Cl)ccc43)COc3ccc(cc32)C(=O)NS1(=O)=O.C[C@@H]1[C@@H](C)CCC[C@](C)(C=O)[C@@H]2CC[C@H]2CN2C[C@@]3(CCCc4cc(Cl)ccc43)COc3ccc(cc32)C(=O)NS1(=O)=O. The van der Waals surface area contributed by atoms with Crippen LogP contribution < -0.4 is 28.7 Å². The minimum Gasteiger partial charge on any atom is -0.490 e. The number of aldehydes is 2. The lowest BCUT2D eigenvalue weighted by atomic mass is 9.58. The first-order valence-electron chi connectivity index (χ1n) is 31.6. The largest absolute Gasteiger partial charge is 0.490 e.